The van der Waals surface area contributed by atoms with Crippen molar-refractivity contribution in [2.45, 2.75) is 58.1 Å². The van der Waals surface area contributed by atoms with E-state index in [0.717, 1.165) is 12.8 Å². The molecule has 1 aliphatic rings. The topological polar surface area (TPSA) is 136 Å². The van der Waals surface area contributed by atoms with Crippen molar-refractivity contribution in [3.63, 3.8) is 0 Å². The normalized spacial score (nSPS) is 19.9. The molecule has 0 spiro atoms. The van der Waals surface area contributed by atoms with E-state index in [0.29, 0.717) is 22.7 Å². The number of hydrogen-bond acceptors (Lipinski definition) is 10. The van der Waals surface area contributed by atoms with Crippen molar-refractivity contribution in [3.8, 4) is 5.75 Å². The second-order valence-electron chi connectivity index (χ2n) is 8.17. The minimum absolute atomic E-state index is 0.161. The Morgan fingerprint density at radius 2 is 2.03 bits per heavy atom. The third-order valence-corrected chi connectivity index (χ3v) is 6.45. The summed E-state index contributed by atoms with van der Waals surface area (Å²) >= 11 is 0. The van der Waals surface area contributed by atoms with Gasteiger partial charge in [-0.25, -0.2) is 20.0 Å². The number of imidazole rings is 1. The molecule has 4 rings (SSSR count). The summed E-state index contributed by atoms with van der Waals surface area (Å²) in [7, 11) is -1.63. The predicted molar refractivity (Wildman–Crippen MR) is 127 cm³/mol. The van der Waals surface area contributed by atoms with Gasteiger partial charge in [0.05, 0.1) is 25.1 Å². The monoisotopic (exact) mass is 488 g/mol. The van der Waals surface area contributed by atoms with Gasteiger partial charge in [-0.15, -0.1) is 0 Å². The van der Waals surface area contributed by atoms with Crippen LogP contribution >= 0.6 is 8.53 Å². The molecule has 182 valence electrons. The Kier molecular flexibility index (Phi) is 7.89. The maximum absolute atomic E-state index is 12.3. The van der Waals surface area contributed by atoms with Crippen LogP contribution in [0.4, 0.5) is 5.82 Å². The number of nitrogens with two attached hydrogens (primary N) is 1. The standard InChI is InChI=1S/C22H29N6O5P/c1-14(2)31-22(29)15(3)27-34(33-16-7-5-4-6-8-16)30-11-17-9-10-18(32-17)28-13-26-19-20(23)24-12-25-21(19)28/h4-8,12-15,17-18,27H,9-11H2,1-3H3,(H2,23,24,25)/t15?,17-,18+,34?/m0/s1. The van der Waals surface area contributed by atoms with Crippen molar-refractivity contribution in [2.24, 2.45) is 0 Å². The summed E-state index contributed by atoms with van der Waals surface area (Å²) in [6, 6.07) is 8.70. The minimum Gasteiger partial charge on any atom is -0.462 e. The fraction of sp³-hybridized carbons (Fsp3) is 0.455. The van der Waals surface area contributed by atoms with Crippen molar-refractivity contribution in [3.05, 3.63) is 43.0 Å². The van der Waals surface area contributed by atoms with Gasteiger partial charge in [0.1, 0.15) is 29.9 Å². The van der Waals surface area contributed by atoms with Crippen LogP contribution < -0.4 is 15.3 Å². The van der Waals surface area contributed by atoms with Crippen LogP contribution in [0, 0.1) is 0 Å². The molecule has 4 atom stereocenters. The number of nitrogens with zero attached hydrogens (tertiary/aromatic N) is 4. The first-order valence-corrected chi connectivity index (χ1v) is 12.3. The molecule has 3 aromatic rings. The number of carbonyl (C=O) groups excluding carboxylic acids is 1. The maximum Gasteiger partial charge on any atom is 0.323 e. The van der Waals surface area contributed by atoms with E-state index in [1.54, 1.807) is 13.3 Å². The maximum atomic E-state index is 12.3. The average molecular weight is 488 g/mol. The first-order valence-electron chi connectivity index (χ1n) is 11.1. The Labute approximate surface area is 198 Å². The van der Waals surface area contributed by atoms with Crippen LogP contribution in [0.1, 0.15) is 39.8 Å². The average Bonchev–Trinajstić information content (AvgIpc) is 3.45. The number of esters is 1. The van der Waals surface area contributed by atoms with Crippen molar-refractivity contribution in [1.29, 1.82) is 0 Å². The lowest BCUT2D eigenvalue weighted by Gasteiger charge is -2.23. The Hall–Kier alpha value is -2.85. The summed E-state index contributed by atoms with van der Waals surface area (Å²) in [5, 5.41) is 3.11. The van der Waals surface area contributed by atoms with Crippen molar-refractivity contribution in [1.82, 2.24) is 24.6 Å². The molecule has 34 heavy (non-hydrogen) atoms. The lowest BCUT2D eigenvalue weighted by atomic mass is 10.2. The van der Waals surface area contributed by atoms with E-state index in [9.17, 15) is 4.79 Å². The molecule has 1 aromatic carbocycles. The van der Waals surface area contributed by atoms with E-state index in [2.05, 4.69) is 20.0 Å². The van der Waals surface area contributed by atoms with Gasteiger partial charge in [0.2, 0.25) is 0 Å². The first-order chi connectivity index (χ1) is 16.4. The van der Waals surface area contributed by atoms with Crippen LogP contribution in [0.5, 0.6) is 5.75 Å². The fourth-order valence-corrected chi connectivity index (χ4v) is 4.67. The number of aromatic nitrogens is 4. The molecule has 0 bridgehead atoms. The van der Waals surface area contributed by atoms with E-state index < -0.39 is 14.6 Å². The Bertz CT molecular complexity index is 1100. The number of rotatable bonds is 10. The van der Waals surface area contributed by atoms with E-state index in [-0.39, 0.29) is 31.0 Å². The molecular formula is C22H29N6O5P. The lowest BCUT2D eigenvalue weighted by molar-refractivity contribution is -0.149. The number of ether oxygens (including phenoxy) is 2. The third kappa shape index (κ3) is 5.98. The van der Waals surface area contributed by atoms with Gasteiger partial charge in [-0.1, -0.05) is 18.2 Å². The van der Waals surface area contributed by atoms with Crippen LogP contribution in [-0.4, -0.2) is 50.3 Å². The molecule has 3 N–H and O–H groups in total. The number of nitrogen functional groups attached to an aromatic ring is 1. The van der Waals surface area contributed by atoms with Crippen LogP contribution in [0.15, 0.2) is 43.0 Å². The molecule has 3 heterocycles. The Balaban J connectivity index is 1.37. The number of benzene rings is 1. The number of anilines is 1. The minimum atomic E-state index is -1.63. The third-order valence-electron chi connectivity index (χ3n) is 5.10. The van der Waals surface area contributed by atoms with Gasteiger partial charge in [0, 0.05) is 0 Å². The molecule has 0 radical (unpaired) electrons. The summed E-state index contributed by atoms with van der Waals surface area (Å²) in [4.78, 5) is 24.8. The molecule has 2 unspecified atom stereocenters. The lowest BCUT2D eigenvalue weighted by Crippen LogP contribution is -2.35. The fourth-order valence-electron chi connectivity index (χ4n) is 3.46. The zero-order valence-electron chi connectivity index (χ0n) is 19.3. The SMILES string of the molecule is CC(C)OC(=O)C(C)NP(OC[C@@H]1CC[C@H](n2cnc3c(N)ncnc32)O1)Oc1ccccc1. The number of para-hydroxylation sites is 1. The quantitative estimate of drug-likeness (QED) is 0.323. The van der Waals surface area contributed by atoms with E-state index >= 15 is 0 Å². The van der Waals surface area contributed by atoms with Gasteiger partial charge >= 0.3 is 14.5 Å². The van der Waals surface area contributed by atoms with E-state index in [4.69, 9.17) is 24.3 Å². The predicted octanol–water partition coefficient (Wildman–Crippen LogP) is 3.34. The summed E-state index contributed by atoms with van der Waals surface area (Å²) in [5.74, 6) is 0.604. The van der Waals surface area contributed by atoms with E-state index in [1.807, 2.05) is 48.7 Å². The van der Waals surface area contributed by atoms with Gasteiger partial charge in [-0.2, -0.15) is 0 Å². The number of fused-ring (bicyclic) bond motifs is 1. The molecule has 1 saturated heterocycles. The van der Waals surface area contributed by atoms with Gasteiger partial charge in [-0.3, -0.25) is 9.36 Å². The Morgan fingerprint density at radius 1 is 1.24 bits per heavy atom. The van der Waals surface area contributed by atoms with Gasteiger partial charge in [-0.05, 0) is 45.7 Å². The molecule has 0 saturated carbocycles. The van der Waals surface area contributed by atoms with Gasteiger partial charge < -0.3 is 24.3 Å². The number of hydrogen-bond donors (Lipinski definition) is 2. The number of carbonyl (C=O) groups is 1. The van der Waals surface area contributed by atoms with Crippen molar-refractivity contribution in [2.75, 3.05) is 12.3 Å². The zero-order chi connectivity index (χ0) is 24.1. The van der Waals surface area contributed by atoms with E-state index in [1.165, 1.54) is 6.33 Å². The molecular weight excluding hydrogens is 459 g/mol. The highest BCUT2D eigenvalue weighted by Crippen LogP contribution is 2.38. The zero-order valence-corrected chi connectivity index (χ0v) is 20.2. The van der Waals surface area contributed by atoms with Gasteiger partial charge in [0.25, 0.3) is 0 Å². The van der Waals surface area contributed by atoms with Crippen molar-refractivity contribution >= 4 is 31.5 Å². The molecule has 1 fully saturated rings. The number of nitrogens with one attached hydrogen (secondary N) is 1. The molecule has 1 aliphatic heterocycles. The van der Waals surface area contributed by atoms with Crippen LogP contribution in [0.2, 0.25) is 0 Å². The Morgan fingerprint density at radius 3 is 2.79 bits per heavy atom. The second-order valence-corrected chi connectivity index (χ2v) is 9.38. The molecule has 0 amide bonds. The molecule has 12 heteroatoms. The second kappa shape index (κ2) is 11.1. The molecule has 11 nitrogen and oxygen atoms in total. The van der Waals surface area contributed by atoms with Crippen LogP contribution in [0.3, 0.4) is 0 Å². The van der Waals surface area contributed by atoms with Crippen molar-refractivity contribution < 1.29 is 23.3 Å². The highest BCUT2D eigenvalue weighted by molar-refractivity contribution is 7.45. The summed E-state index contributed by atoms with van der Waals surface area (Å²) < 4.78 is 25.4. The highest BCUT2D eigenvalue weighted by atomic mass is 31.2. The molecule has 2 aromatic heterocycles. The first kappa shape index (κ1) is 24.3. The van der Waals surface area contributed by atoms with Gasteiger partial charge in [0.15, 0.2) is 11.5 Å². The molecule has 0 aliphatic carbocycles. The highest BCUT2D eigenvalue weighted by Gasteiger charge is 2.31. The van der Waals surface area contributed by atoms with Crippen LogP contribution in [0.25, 0.3) is 11.2 Å². The smallest absolute Gasteiger partial charge is 0.323 e. The summed E-state index contributed by atoms with van der Waals surface area (Å²) in [6.07, 6.45) is 4.03. The van der Waals surface area contributed by atoms with Crippen LogP contribution in [-0.2, 0) is 18.8 Å². The summed E-state index contributed by atoms with van der Waals surface area (Å²) in [6.45, 7) is 5.62. The largest absolute Gasteiger partial charge is 0.462 e. The summed E-state index contributed by atoms with van der Waals surface area (Å²) in [5.41, 5.74) is 7.07.